The number of hydrogen-bond acceptors (Lipinski definition) is 4. The predicted molar refractivity (Wildman–Crippen MR) is 89.5 cm³/mol. The molecule has 0 atom stereocenters. The standard InChI is InChI=1S/C12H3Cl4N3O2.K/c13-6-4-2-1-3-17-9(4)10-5(11(6)19(20)21)7(14)8(15)12(16)18-10;/h1-3H;. The maximum atomic E-state index is 11.4. The minimum absolute atomic E-state index is 0. The van der Waals surface area contributed by atoms with Crippen molar-refractivity contribution in [3.63, 3.8) is 0 Å². The first-order valence-corrected chi connectivity index (χ1v) is 6.99. The molecule has 0 spiro atoms. The molecule has 0 aliphatic rings. The Bertz CT molecular complexity index is 936. The van der Waals surface area contributed by atoms with Gasteiger partial charge in [-0.3, -0.25) is 15.1 Å². The van der Waals surface area contributed by atoms with Gasteiger partial charge >= 0.3 is 0 Å². The second-order valence-electron chi connectivity index (χ2n) is 4.07. The van der Waals surface area contributed by atoms with E-state index in [2.05, 4.69) is 9.97 Å². The topological polar surface area (TPSA) is 68.9 Å². The van der Waals surface area contributed by atoms with Crippen molar-refractivity contribution in [2.24, 2.45) is 0 Å². The molecule has 0 bridgehead atoms. The third kappa shape index (κ3) is 2.85. The SMILES string of the molecule is O=[N+]([O-])c1c(Cl)c2cccnc2c2nc(Cl)c(Cl)c(Cl)c12.[K]. The normalized spacial score (nSPS) is 10.7. The molecule has 107 valence electrons. The van der Waals surface area contributed by atoms with Gasteiger partial charge in [-0.2, -0.15) is 0 Å². The van der Waals surface area contributed by atoms with Gasteiger partial charge in [0.15, 0.2) is 0 Å². The molecule has 1 radical (unpaired) electrons. The van der Waals surface area contributed by atoms with Crippen molar-refractivity contribution >= 4 is 125 Å². The molecular weight excluding hydrogens is 399 g/mol. The van der Waals surface area contributed by atoms with Gasteiger partial charge in [-0.15, -0.1) is 0 Å². The minimum atomic E-state index is -0.630. The molecule has 3 aromatic rings. The second-order valence-corrected chi connectivity index (χ2v) is 5.57. The van der Waals surface area contributed by atoms with E-state index in [9.17, 15) is 10.1 Å². The smallest absolute Gasteiger partial charge is 0.258 e. The number of aromatic nitrogens is 2. The van der Waals surface area contributed by atoms with Crippen LogP contribution in [-0.4, -0.2) is 66.3 Å². The van der Waals surface area contributed by atoms with Crippen molar-refractivity contribution < 1.29 is 4.92 Å². The van der Waals surface area contributed by atoms with Crippen LogP contribution in [0, 0.1) is 10.1 Å². The number of halogens is 4. The van der Waals surface area contributed by atoms with E-state index >= 15 is 0 Å². The van der Waals surface area contributed by atoms with E-state index in [1.807, 2.05) is 0 Å². The first-order valence-electron chi connectivity index (χ1n) is 5.48. The van der Waals surface area contributed by atoms with Crippen LogP contribution in [0.4, 0.5) is 5.69 Å². The van der Waals surface area contributed by atoms with E-state index in [1.54, 1.807) is 12.1 Å². The van der Waals surface area contributed by atoms with Crippen LogP contribution >= 0.6 is 46.4 Å². The van der Waals surface area contributed by atoms with E-state index < -0.39 is 4.92 Å². The number of nitro groups is 1. The fraction of sp³-hybridized carbons (Fsp3) is 0. The summed E-state index contributed by atoms with van der Waals surface area (Å²) in [5, 5.41) is 11.5. The number of benzene rings is 1. The van der Waals surface area contributed by atoms with Gasteiger partial charge < -0.3 is 0 Å². The monoisotopic (exact) mass is 400 g/mol. The third-order valence-corrected chi connectivity index (χ3v) is 4.53. The Labute approximate surface area is 186 Å². The van der Waals surface area contributed by atoms with E-state index in [-0.39, 0.29) is 88.2 Å². The zero-order valence-electron chi connectivity index (χ0n) is 10.9. The van der Waals surface area contributed by atoms with Gasteiger partial charge in [0.1, 0.15) is 21.1 Å². The molecule has 0 saturated carbocycles. The summed E-state index contributed by atoms with van der Waals surface area (Å²) < 4.78 is 0. The fourth-order valence-corrected chi connectivity index (χ4v) is 3.02. The zero-order valence-corrected chi connectivity index (χ0v) is 17.0. The fourth-order valence-electron chi connectivity index (χ4n) is 2.07. The summed E-state index contributed by atoms with van der Waals surface area (Å²) >= 11 is 24.1. The maximum Gasteiger partial charge on any atom is 0.299 e. The Hall–Kier alpha value is 0.236. The first kappa shape index (κ1) is 18.6. The molecule has 0 aliphatic heterocycles. The van der Waals surface area contributed by atoms with Crippen LogP contribution in [0.25, 0.3) is 21.8 Å². The van der Waals surface area contributed by atoms with Crippen LogP contribution in [0.1, 0.15) is 0 Å². The zero-order chi connectivity index (χ0) is 15.3. The molecule has 1 aromatic carbocycles. The van der Waals surface area contributed by atoms with Gasteiger partial charge in [-0.25, -0.2) is 4.98 Å². The number of hydrogen-bond donors (Lipinski definition) is 0. The Balaban J connectivity index is 0.00000176. The summed E-state index contributed by atoms with van der Waals surface area (Å²) in [6.45, 7) is 0. The van der Waals surface area contributed by atoms with Crippen molar-refractivity contribution in [1.82, 2.24) is 9.97 Å². The van der Waals surface area contributed by atoms with Gasteiger partial charge in [0.05, 0.1) is 20.5 Å². The van der Waals surface area contributed by atoms with Gasteiger partial charge in [0.25, 0.3) is 5.69 Å². The van der Waals surface area contributed by atoms with Crippen molar-refractivity contribution in [3.05, 3.63) is 48.7 Å². The van der Waals surface area contributed by atoms with Crippen LogP contribution in [0.15, 0.2) is 18.3 Å². The number of rotatable bonds is 1. The Kier molecular flexibility index (Phi) is 5.91. The molecule has 0 N–H and O–H groups in total. The van der Waals surface area contributed by atoms with Gasteiger partial charge in [0, 0.05) is 63.0 Å². The second kappa shape index (κ2) is 7.00. The summed E-state index contributed by atoms with van der Waals surface area (Å²) in [7, 11) is 0. The average molecular weight is 402 g/mol. The molecule has 5 nitrogen and oxygen atoms in total. The predicted octanol–water partition coefficient (Wildman–Crippen LogP) is 4.92. The summed E-state index contributed by atoms with van der Waals surface area (Å²) in [5.41, 5.74) is 0.174. The van der Waals surface area contributed by atoms with Crippen molar-refractivity contribution in [3.8, 4) is 0 Å². The minimum Gasteiger partial charge on any atom is -0.258 e. The van der Waals surface area contributed by atoms with Crippen molar-refractivity contribution in [2.45, 2.75) is 0 Å². The largest absolute Gasteiger partial charge is 0.299 e. The summed E-state index contributed by atoms with van der Waals surface area (Å²) in [6.07, 6.45) is 1.52. The molecule has 2 heterocycles. The number of nitro benzene ring substituents is 1. The molecule has 0 saturated heterocycles. The molecule has 0 fully saturated rings. The van der Waals surface area contributed by atoms with E-state index in [1.165, 1.54) is 6.20 Å². The van der Waals surface area contributed by atoms with Crippen LogP contribution in [0.5, 0.6) is 0 Å². The molecule has 22 heavy (non-hydrogen) atoms. The van der Waals surface area contributed by atoms with Crippen LogP contribution in [0.2, 0.25) is 20.2 Å². The van der Waals surface area contributed by atoms with Crippen LogP contribution < -0.4 is 0 Å². The van der Waals surface area contributed by atoms with Gasteiger partial charge in [-0.05, 0) is 12.1 Å². The van der Waals surface area contributed by atoms with E-state index in [4.69, 9.17) is 46.4 Å². The Morgan fingerprint density at radius 3 is 2.36 bits per heavy atom. The molecule has 2 aromatic heterocycles. The molecule has 10 heteroatoms. The third-order valence-electron chi connectivity index (χ3n) is 2.94. The first-order chi connectivity index (χ1) is 9.93. The number of fused-ring (bicyclic) bond motifs is 3. The maximum absolute atomic E-state index is 11.4. The molecule has 0 aliphatic carbocycles. The van der Waals surface area contributed by atoms with E-state index in [0.29, 0.717) is 10.9 Å². The molecule has 0 amide bonds. The van der Waals surface area contributed by atoms with Crippen molar-refractivity contribution in [2.75, 3.05) is 0 Å². The van der Waals surface area contributed by atoms with Crippen LogP contribution in [-0.2, 0) is 0 Å². The van der Waals surface area contributed by atoms with Crippen LogP contribution in [0.3, 0.4) is 0 Å². The Morgan fingerprint density at radius 1 is 1.05 bits per heavy atom. The van der Waals surface area contributed by atoms with E-state index in [0.717, 1.165) is 0 Å². The number of nitrogens with zero attached hydrogens (tertiary/aromatic N) is 3. The summed E-state index contributed by atoms with van der Waals surface area (Å²) in [5.74, 6) is 0. The quantitative estimate of drug-likeness (QED) is 0.191. The number of pyridine rings is 2. The molecular formula is C12H3Cl4KN3O2. The van der Waals surface area contributed by atoms with Gasteiger partial charge in [0.2, 0.25) is 0 Å². The Morgan fingerprint density at radius 2 is 1.73 bits per heavy atom. The average Bonchev–Trinajstić information content (AvgIpc) is 2.46. The molecule has 3 rings (SSSR count). The summed E-state index contributed by atoms with van der Waals surface area (Å²) in [4.78, 5) is 19.0. The van der Waals surface area contributed by atoms with Crippen molar-refractivity contribution in [1.29, 1.82) is 0 Å². The molecule has 0 unspecified atom stereocenters. The summed E-state index contributed by atoms with van der Waals surface area (Å²) in [6, 6.07) is 3.22. The van der Waals surface area contributed by atoms with Gasteiger partial charge in [-0.1, -0.05) is 46.4 Å².